The van der Waals surface area contributed by atoms with Gasteiger partial charge in [-0.25, -0.2) is 4.39 Å². The molecule has 1 aliphatic rings. The number of aliphatic hydroxyl groups excluding tert-OH is 1. The average molecular weight is 427 g/mol. The molecular formula is C24H26FNO5. The Bertz CT molecular complexity index is 1010. The highest BCUT2D eigenvalue weighted by Crippen LogP contribution is 2.42. The van der Waals surface area contributed by atoms with Crippen LogP contribution >= 0.6 is 0 Å². The van der Waals surface area contributed by atoms with Crippen LogP contribution in [0.5, 0.6) is 11.5 Å². The molecule has 0 saturated carbocycles. The second kappa shape index (κ2) is 9.20. The van der Waals surface area contributed by atoms with Gasteiger partial charge in [-0.15, -0.1) is 0 Å². The number of aliphatic hydroxyl groups is 1. The highest BCUT2D eigenvalue weighted by molar-refractivity contribution is 6.09. The summed E-state index contributed by atoms with van der Waals surface area (Å²) in [5, 5.41) is 10.6. The first-order valence-electron chi connectivity index (χ1n) is 10.1. The molecule has 0 radical (unpaired) electrons. The molecule has 1 amide bonds. The summed E-state index contributed by atoms with van der Waals surface area (Å²) in [5.74, 6) is -1.33. The number of hydrogen-bond donors (Lipinski definition) is 1. The van der Waals surface area contributed by atoms with Crippen molar-refractivity contribution in [2.45, 2.75) is 33.4 Å². The Hall–Kier alpha value is -3.35. The van der Waals surface area contributed by atoms with E-state index in [1.165, 1.54) is 24.1 Å². The number of carbonyl (C=O) groups is 2. The van der Waals surface area contributed by atoms with Crippen molar-refractivity contribution in [2.24, 2.45) is 5.92 Å². The topological polar surface area (TPSA) is 76.1 Å². The van der Waals surface area contributed by atoms with Crippen LogP contribution in [-0.2, 0) is 16.1 Å². The summed E-state index contributed by atoms with van der Waals surface area (Å²) in [6, 6.07) is 10.1. The van der Waals surface area contributed by atoms with E-state index >= 15 is 0 Å². The first-order valence-corrected chi connectivity index (χ1v) is 10.1. The van der Waals surface area contributed by atoms with Crippen molar-refractivity contribution in [1.29, 1.82) is 0 Å². The van der Waals surface area contributed by atoms with Crippen LogP contribution in [0.2, 0.25) is 0 Å². The summed E-state index contributed by atoms with van der Waals surface area (Å²) < 4.78 is 24.3. The Morgan fingerprint density at radius 2 is 1.84 bits per heavy atom. The molecule has 2 aromatic rings. The predicted octanol–water partition coefficient (Wildman–Crippen LogP) is 4.35. The zero-order chi connectivity index (χ0) is 22.7. The van der Waals surface area contributed by atoms with Crippen molar-refractivity contribution in [2.75, 3.05) is 13.7 Å². The van der Waals surface area contributed by atoms with E-state index in [1.807, 2.05) is 6.92 Å². The van der Waals surface area contributed by atoms with Crippen molar-refractivity contribution in [3.8, 4) is 11.5 Å². The predicted molar refractivity (Wildman–Crippen MR) is 113 cm³/mol. The summed E-state index contributed by atoms with van der Waals surface area (Å²) in [7, 11) is 1.52. The minimum absolute atomic E-state index is 0.0507. The van der Waals surface area contributed by atoms with E-state index in [4.69, 9.17) is 9.47 Å². The van der Waals surface area contributed by atoms with Gasteiger partial charge in [0.15, 0.2) is 23.0 Å². The van der Waals surface area contributed by atoms with Crippen LogP contribution in [0, 0.1) is 11.7 Å². The van der Waals surface area contributed by atoms with Gasteiger partial charge in [-0.2, -0.15) is 0 Å². The van der Waals surface area contributed by atoms with E-state index in [9.17, 15) is 19.1 Å². The molecule has 164 valence electrons. The van der Waals surface area contributed by atoms with Crippen molar-refractivity contribution in [3.63, 3.8) is 0 Å². The van der Waals surface area contributed by atoms with Crippen LogP contribution in [0.1, 0.15) is 37.9 Å². The molecule has 0 fully saturated rings. The maximum absolute atomic E-state index is 13.3. The molecule has 7 heteroatoms. The maximum atomic E-state index is 13.3. The van der Waals surface area contributed by atoms with E-state index < -0.39 is 23.6 Å². The number of carbonyl (C=O) groups excluding carboxylic acids is 2. The SMILES string of the molecule is CCOc1cc(C2C(C(=O)C(C)C)=C(O)C(=O)N2Cc2ccc(F)cc2)ccc1OC. The van der Waals surface area contributed by atoms with Gasteiger partial charge in [-0.3, -0.25) is 9.59 Å². The molecule has 6 nitrogen and oxygen atoms in total. The Morgan fingerprint density at radius 3 is 2.42 bits per heavy atom. The molecule has 1 atom stereocenters. The molecular weight excluding hydrogens is 401 g/mol. The molecule has 31 heavy (non-hydrogen) atoms. The van der Waals surface area contributed by atoms with Crippen LogP contribution in [0.25, 0.3) is 0 Å². The van der Waals surface area contributed by atoms with E-state index in [0.29, 0.717) is 29.2 Å². The fourth-order valence-corrected chi connectivity index (χ4v) is 3.64. The van der Waals surface area contributed by atoms with E-state index in [-0.39, 0.29) is 23.7 Å². The number of halogens is 1. The summed E-state index contributed by atoms with van der Waals surface area (Å²) in [6.07, 6.45) is 0. The number of Topliss-reactive ketones (excluding diaryl/α,β-unsaturated/α-hetero) is 1. The maximum Gasteiger partial charge on any atom is 0.290 e. The molecule has 0 bridgehead atoms. The molecule has 1 unspecified atom stereocenters. The van der Waals surface area contributed by atoms with Crippen LogP contribution in [-0.4, -0.2) is 35.4 Å². The lowest BCUT2D eigenvalue weighted by Crippen LogP contribution is -2.31. The lowest BCUT2D eigenvalue weighted by molar-refractivity contribution is -0.130. The number of rotatable bonds is 8. The van der Waals surface area contributed by atoms with Gasteiger partial charge in [-0.05, 0) is 42.3 Å². The fourth-order valence-electron chi connectivity index (χ4n) is 3.64. The number of ketones is 1. The summed E-state index contributed by atoms with van der Waals surface area (Å²) in [4.78, 5) is 27.3. The zero-order valence-electron chi connectivity index (χ0n) is 18.0. The number of hydrogen-bond acceptors (Lipinski definition) is 5. The number of benzene rings is 2. The van der Waals surface area contributed by atoms with E-state index in [1.54, 1.807) is 44.2 Å². The average Bonchev–Trinajstić information content (AvgIpc) is 2.99. The van der Waals surface area contributed by atoms with Gasteiger partial charge < -0.3 is 19.5 Å². The van der Waals surface area contributed by atoms with Gasteiger partial charge in [0.25, 0.3) is 5.91 Å². The van der Waals surface area contributed by atoms with Crippen LogP contribution in [0.15, 0.2) is 53.8 Å². The molecule has 3 rings (SSSR count). The zero-order valence-corrected chi connectivity index (χ0v) is 18.0. The minimum Gasteiger partial charge on any atom is -0.503 e. The van der Waals surface area contributed by atoms with Gasteiger partial charge >= 0.3 is 0 Å². The molecule has 1 aliphatic heterocycles. The number of methoxy groups -OCH3 is 1. The Morgan fingerprint density at radius 1 is 1.16 bits per heavy atom. The summed E-state index contributed by atoms with van der Waals surface area (Å²) >= 11 is 0. The second-order valence-electron chi connectivity index (χ2n) is 7.59. The van der Waals surface area contributed by atoms with Crippen molar-refractivity contribution >= 4 is 11.7 Å². The first kappa shape index (κ1) is 22.3. The highest BCUT2D eigenvalue weighted by Gasteiger charge is 2.44. The standard InChI is InChI=1S/C24H26FNO5/c1-5-31-19-12-16(8-11-18(19)30-4)21-20(22(27)14(2)3)23(28)24(29)26(21)13-15-6-9-17(25)10-7-15/h6-12,14,21,28H,5,13H2,1-4H3. The normalized spacial score (nSPS) is 16.3. The van der Waals surface area contributed by atoms with Gasteiger partial charge in [0, 0.05) is 12.5 Å². The molecule has 2 aromatic carbocycles. The van der Waals surface area contributed by atoms with Crippen molar-refractivity contribution in [3.05, 3.63) is 70.7 Å². The summed E-state index contributed by atoms with van der Waals surface area (Å²) in [5.41, 5.74) is 1.33. The monoisotopic (exact) mass is 427 g/mol. The molecule has 0 aromatic heterocycles. The number of amides is 1. The molecule has 0 saturated heterocycles. The van der Waals surface area contributed by atoms with E-state index in [0.717, 1.165) is 0 Å². The minimum atomic E-state index is -0.808. The van der Waals surface area contributed by atoms with Gasteiger partial charge in [0.2, 0.25) is 0 Å². The van der Waals surface area contributed by atoms with Crippen molar-refractivity contribution in [1.82, 2.24) is 4.90 Å². The lowest BCUT2D eigenvalue weighted by Gasteiger charge is -2.28. The lowest BCUT2D eigenvalue weighted by atomic mass is 9.91. The second-order valence-corrected chi connectivity index (χ2v) is 7.59. The van der Waals surface area contributed by atoms with Gasteiger partial charge in [0.05, 0.1) is 25.3 Å². The molecule has 1 N–H and O–H groups in total. The third-order valence-corrected chi connectivity index (χ3v) is 5.16. The molecule has 0 aliphatic carbocycles. The Kier molecular flexibility index (Phi) is 6.63. The first-order chi connectivity index (χ1) is 14.8. The Balaban J connectivity index is 2.11. The fraction of sp³-hybridized carbons (Fsp3) is 0.333. The van der Waals surface area contributed by atoms with Gasteiger partial charge in [0.1, 0.15) is 5.82 Å². The van der Waals surface area contributed by atoms with Crippen molar-refractivity contribution < 1.29 is 28.6 Å². The van der Waals surface area contributed by atoms with E-state index in [2.05, 4.69) is 0 Å². The third-order valence-electron chi connectivity index (χ3n) is 5.16. The molecule has 0 spiro atoms. The molecule has 1 heterocycles. The smallest absolute Gasteiger partial charge is 0.290 e. The number of ether oxygens (including phenoxy) is 2. The third kappa shape index (κ3) is 4.40. The van der Waals surface area contributed by atoms with Crippen LogP contribution in [0.3, 0.4) is 0 Å². The van der Waals surface area contributed by atoms with Crippen LogP contribution < -0.4 is 9.47 Å². The Labute approximate surface area is 180 Å². The largest absolute Gasteiger partial charge is 0.503 e. The number of nitrogens with zero attached hydrogens (tertiary/aromatic N) is 1. The highest BCUT2D eigenvalue weighted by atomic mass is 19.1. The van der Waals surface area contributed by atoms with Gasteiger partial charge in [-0.1, -0.05) is 32.0 Å². The quantitative estimate of drug-likeness (QED) is 0.678. The van der Waals surface area contributed by atoms with Crippen LogP contribution in [0.4, 0.5) is 4.39 Å². The summed E-state index contributed by atoms with van der Waals surface area (Å²) in [6.45, 7) is 5.77.